The second-order valence-corrected chi connectivity index (χ2v) is 2.09. The Morgan fingerprint density at radius 3 is 1.90 bits per heavy atom. The zero-order valence-corrected chi connectivity index (χ0v) is 5.75. The van der Waals surface area contributed by atoms with Gasteiger partial charge in [0.25, 0.3) is 0 Å². The van der Waals surface area contributed by atoms with Gasteiger partial charge in [0.15, 0.2) is 0 Å². The van der Waals surface area contributed by atoms with Crippen molar-refractivity contribution >= 4 is 0 Å². The van der Waals surface area contributed by atoms with Crippen molar-refractivity contribution in [3.63, 3.8) is 0 Å². The molecule has 0 atom stereocenters. The van der Waals surface area contributed by atoms with Gasteiger partial charge in [0.2, 0.25) is 0 Å². The topological polar surface area (TPSA) is 46.2 Å². The van der Waals surface area contributed by atoms with Gasteiger partial charge in [0.1, 0.15) is 0 Å². The van der Waals surface area contributed by atoms with E-state index in [4.69, 9.17) is 10.8 Å². The fraction of sp³-hybridized carbons (Fsp3) is 0.250. The van der Waals surface area contributed by atoms with Crippen LogP contribution >= 0.6 is 0 Å². The first-order valence-corrected chi connectivity index (χ1v) is 3.30. The molecule has 0 spiro atoms. The van der Waals surface area contributed by atoms with Gasteiger partial charge in [0, 0.05) is 6.54 Å². The molecule has 0 aromatic carbocycles. The molecule has 0 aliphatic heterocycles. The Kier molecular flexibility index (Phi) is 2.42. The van der Waals surface area contributed by atoms with E-state index in [0.29, 0.717) is 6.54 Å². The monoisotopic (exact) mass is 137 g/mol. The second-order valence-electron chi connectivity index (χ2n) is 2.09. The third-order valence-electron chi connectivity index (χ3n) is 1.24. The maximum absolute atomic E-state index is 7.75. The maximum Gasteiger partial charge on any atom is 0.0553 e. The van der Waals surface area contributed by atoms with Gasteiger partial charge in [-0.1, -0.05) is 18.2 Å². The molecule has 10 heavy (non-hydrogen) atoms. The van der Waals surface area contributed by atoms with E-state index in [1.807, 2.05) is 0 Å². The van der Waals surface area contributed by atoms with Gasteiger partial charge < -0.3 is 10.8 Å². The molecule has 0 unspecified atom stereocenters. The first-order chi connectivity index (χ1) is 4.88. The smallest absolute Gasteiger partial charge is 0.0553 e. The quantitative estimate of drug-likeness (QED) is 0.604. The van der Waals surface area contributed by atoms with E-state index in [9.17, 15) is 0 Å². The average Bonchev–Trinajstić information content (AvgIpc) is 2.60. The predicted molar refractivity (Wildman–Crippen MR) is 41.6 cm³/mol. The fourth-order valence-electron chi connectivity index (χ4n) is 0.676. The third-order valence-corrected chi connectivity index (χ3v) is 1.24. The zero-order valence-electron chi connectivity index (χ0n) is 5.75. The van der Waals surface area contributed by atoms with E-state index in [0.717, 1.165) is 0 Å². The number of hydrogen-bond acceptors (Lipinski definition) is 2. The number of rotatable bonds is 1. The van der Waals surface area contributed by atoms with E-state index in [1.54, 1.807) is 0 Å². The summed E-state index contributed by atoms with van der Waals surface area (Å²) in [6, 6.07) is 8.48. The number of fused-ring (bicyclic) bond motifs is 1. The molecule has 0 fully saturated rings. The molecule has 0 bridgehead atoms. The molecule has 0 aromatic heterocycles. The number of benzene rings is 1. The van der Waals surface area contributed by atoms with Gasteiger partial charge in [-0.15, -0.1) is 0 Å². The summed E-state index contributed by atoms with van der Waals surface area (Å²) in [7, 11) is 0. The Bertz CT molecular complexity index is 191. The summed E-state index contributed by atoms with van der Waals surface area (Å²) in [5, 5.41) is 7.75. The van der Waals surface area contributed by atoms with Crippen LogP contribution in [0.25, 0.3) is 11.1 Å². The summed E-state index contributed by atoms with van der Waals surface area (Å²) >= 11 is 0. The van der Waals surface area contributed by atoms with Gasteiger partial charge in [-0.05, 0) is 17.2 Å². The molecule has 0 saturated carbocycles. The highest BCUT2D eigenvalue weighted by molar-refractivity contribution is 5.80. The molecule has 0 heterocycles. The Labute approximate surface area is 60.3 Å². The zero-order chi connectivity index (χ0) is 7.40. The highest BCUT2D eigenvalue weighted by Gasteiger charge is 2.06. The number of aliphatic hydroxyl groups excluding tert-OH is 1. The Balaban J connectivity index is 0.000000112. The van der Waals surface area contributed by atoms with Crippen LogP contribution in [0.15, 0.2) is 24.3 Å². The van der Waals surface area contributed by atoms with Crippen LogP contribution in [-0.2, 0) is 0 Å². The van der Waals surface area contributed by atoms with Crippen LogP contribution in [0.2, 0.25) is 0 Å². The standard InChI is InChI=1S/C6H4.C2H7NO/c1-2-5-4-6(5)3-1;3-1-2-4/h1-4H;4H,1-3H2. The molecule has 0 aromatic rings. The van der Waals surface area contributed by atoms with E-state index in [-0.39, 0.29) is 6.61 Å². The van der Waals surface area contributed by atoms with E-state index in [2.05, 4.69) is 24.3 Å². The molecule has 3 N–H and O–H groups in total. The van der Waals surface area contributed by atoms with Crippen LogP contribution in [0, 0.1) is 0 Å². The largest absolute Gasteiger partial charge is 0.395 e. The predicted octanol–water partition coefficient (Wildman–Crippen LogP) is 0.604. The molecule has 0 saturated heterocycles. The lowest BCUT2D eigenvalue weighted by Gasteiger charge is -1.71. The summed E-state index contributed by atoms with van der Waals surface area (Å²) < 4.78 is 0. The summed E-state index contributed by atoms with van der Waals surface area (Å²) in [4.78, 5) is 0. The average molecular weight is 137 g/mol. The Morgan fingerprint density at radius 2 is 1.80 bits per heavy atom. The minimum Gasteiger partial charge on any atom is -0.395 e. The van der Waals surface area contributed by atoms with Gasteiger partial charge in [0.05, 0.1) is 6.61 Å². The van der Waals surface area contributed by atoms with Crippen LogP contribution in [0.3, 0.4) is 0 Å². The molecule has 2 aliphatic rings. The normalized spacial score (nSPS) is 9.80. The second kappa shape index (κ2) is 3.34. The minimum atomic E-state index is 0.0972. The van der Waals surface area contributed by atoms with Gasteiger partial charge in [-0.2, -0.15) is 0 Å². The van der Waals surface area contributed by atoms with Crippen molar-refractivity contribution in [2.45, 2.75) is 0 Å². The number of aliphatic hydroxyl groups is 1. The SMILES string of the molecule is NCCO.c1cc2cc-2c1. The summed E-state index contributed by atoms with van der Waals surface area (Å²) in [6.45, 7) is 0.472. The molecule has 2 rings (SSSR count). The Hall–Kier alpha value is -0.860. The lowest BCUT2D eigenvalue weighted by molar-refractivity contribution is 0.306. The van der Waals surface area contributed by atoms with Gasteiger partial charge in [-0.25, -0.2) is 0 Å². The van der Waals surface area contributed by atoms with Gasteiger partial charge >= 0.3 is 0 Å². The van der Waals surface area contributed by atoms with Crippen molar-refractivity contribution < 1.29 is 5.11 Å². The third kappa shape index (κ3) is 1.83. The van der Waals surface area contributed by atoms with Crippen molar-refractivity contribution in [2.24, 2.45) is 5.73 Å². The molecule has 2 heteroatoms. The van der Waals surface area contributed by atoms with Crippen LogP contribution in [0.1, 0.15) is 0 Å². The van der Waals surface area contributed by atoms with Crippen molar-refractivity contribution in [3.8, 4) is 11.1 Å². The summed E-state index contributed by atoms with van der Waals surface area (Å²) in [5.41, 5.74) is 7.63. The lowest BCUT2D eigenvalue weighted by atomic mass is 10.6. The summed E-state index contributed by atoms with van der Waals surface area (Å²) in [6.07, 6.45) is 0. The van der Waals surface area contributed by atoms with Gasteiger partial charge in [-0.3, -0.25) is 0 Å². The highest BCUT2D eigenvalue weighted by atomic mass is 16.3. The molecular formula is C8H11NO. The molecule has 0 amide bonds. The summed E-state index contributed by atoms with van der Waals surface area (Å²) in [5.74, 6) is 0. The minimum absolute atomic E-state index is 0.0972. The van der Waals surface area contributed by atoms with Crippen molar-refractivity contribution in [2.75, 3.05) is 13.2 Å². The van der Waals surface area contributed by atoms with E-state index < -0.39 is 0 Å². The molecular weight excluding hydrogens is 126 g/mol. The van der Waals surface area contributed by atoms with E-state index in [1.165, 1.54) is 11.1 Å². The first kappa shape index (κ1) is 7.25. The Morgan fingerprint density at radius 1 is 1.30 bits per heavy atom. The van der Waals surface area contributed by atoms with Crippen LogP contribution in [-0.4, -0.2) is 18.3 Å². The van der Waals surface area contributed by atoms with Crippen LogP contribution in [0.5, 0.6) is 0 Å². The van der Waals surface area contributed by atoms with Crippen molar-refractivity contribution in [3.05, 3.63) is 24.3 Å². The lowest BCUT2D eigenvalue weighted by Crippen LogP contribution is -2.02. The van der Waals surface area contributed by atoms with Crippen LogP contribution in [0.4, 0.5) is 0 Å². The fourth-order valence-corrected chi connectivity index (χ4v) is 0.676. The molecule has 54 valence electrons. The molecule has 2 aliphatic carbocycles. The number of hydrogen-bond donors (Lipinski definition) is 2. The molecule has 0 radical (unpaired) electrons. The first-order valence-electron chi connectivity index (χ1n) is 3.30. The molecule has 2 nitrogen and oxygen atoms in total. The maximum atomic E-state index is 7.75. The van der Waals surface area contributed by atoms with Crippen molar-refractivity contribution in [1.82, 2.24) is 0 Å². The highest BCUT2D eigenvalue weighted by Crippen LogP contribution is 2.32. The number of nitrogens with two attached hydrogens (primary N) is 1. The van der Waals surface area contributed by atoms with Crippen molar-refractivity contribution in [1.29, 1.82) is 0 Å². The van der Waals surface area contributed by atoms with E-state index >= 15 is 0 Å². The van der Waals surface area contributed by atoms with Crippen LogP contribution < -0.4 is 5.73 Å².